The van der Waals surface area contributed by atoms with E-state index in [1.165, 1.54) is 29.4 Å². The van der Waals surface area contributed by atoms with Crippen LogP contribution in [0.15, 0.2) is 33.9 Å². The van der Waals surface area contributed by atoms with Crippen LogP contribution < -0.4 is 21.3 Å². The van der Waals surface area contributed by atoms with Crippen molar-refractivity contribution >= 4 is 27.5 Å². The van der Waals surface area contributed by atoms with E-state index in [0.717, 1.165) is 40.7 Å². The van der Waals surface area contributed by atoms with Gasteiger partial charge >= 0.3 is 5.69 Å². The first-order valence-corrected chi connectivity index (χ1v) is 11.4. The van der Waals surface area contributed by atoms with E-state index in [4.69, 9.17) is 4.74 Å². The van der Waals surface area contributed by atoms with Gasteiger partial charge < -0.3 is 10.1 Å². The third-order valence-corrected chi connectivity index (χ3v) is 7.26. The molecule has 7 nitrogen and oxygen atoms in total. The molecule has 8 heteroatoms. The summed E-state index contributed by atoms with van der Waals surface area (Å²) in [5.74, 6) is 0.346. The average molecular weight is 442 g/mol. The quantitative estimate of drug-likeness (QED) is 0.659. The van der Waals surface area contributed by atoms with Crippen LogP contribution in [0.5, 0.6) is 5.75 Å². The Labute approximate surface area is 184 Å². The van der Waals surface area contributed by atoms with Crippen LogP contribution in [0.25, 0.3) is 15.9 Å². The monoisotopic (exact) mass is 441 g/mol. The molecular formula is C23H27N3O4S. The summed E-state index contributed by atoms with van der Waals surface area (Å²) in [6.07, 6.45) is 5.36. The number of hydrogen-bond donors (Lipinski definition) is 1. The van der Waals surface area contributed by atoms with Crippen LogP contribution in [-0.2, 0) is 11.3 Å². The Kier molecular flexibility index (Phi) is 6.00. The molecule has 1 amide bonds. The highest BCUT2D eigenvalue weighted by Crippen LogP contribution is 2.27. The van der Waals surface area contributed by atoms with Gasteiger partial charge in [-0.15, -0.1) is 11.3 Å². The molecule has 1 fully saturated rings. The maximum atomic E-state index is 13.5. The molecule has 1 aliphatic rings. The fourth-order valence-corrected chi connectivity index (χ4v) is 5.38. The van der Waals surface area contributed by atoms with Gasteiger partial charge in [-0.05, 0) is 44.4 Å². The van der Waals surface area contributed by atoms with Crippen molar-refractivity contribution < 1.29 is 9.53 Å². The normalized spacial score (nSPS) is 14.7. The Hall–Kier alpha value is -2.87. The number of fused-ring (bicyclic) bond motifs is 1. The summed E-state index contributed by atoms with van der Waals surface area (Å²) in [4.78, 5) is 41.1. The van der Waals surface area contributed by atoms with Crippen LogP contribution in [0.4, 0.5) is 0 Å². The number of amides is 1. The second kappa shape index (κ2) is 8.70. The predicted octanol–water partition coefficient (Wildman–Crippen LogP) is 3.29. The second-order valence-electron chi connectivity index (χ2n) is 8.08. The van der Waals surface area contributed by atoms with Crippen LogP contribution in [0.1, 0.15) is 42.5 Å². The van der Waals surface area contributed by atoms with Crippen LogP contribution in [0.3, 0.4) is 0 Å². The van der Waals surface area contributed by atoms with E-state index in [1.54, 1.807) is 24.3 Å². The van der Waals surface area contributed by atoms with Crippen molar-refractivity contribution in [2.45, 2.75) is 58.5 Å². The molecule has 1 N–H and O–H groups in total. The molecule has 1 saturated carbocycles. The lowest BCUT2D eigenvalue weighted by atomic mass is 9.95. The van der Waals surface area contributed by atoms with Gasteiger partial charge in [-0.2, -0.15) is 0 Å². The highest BCUT2D eigenvalue weighted by atomic mass is 32.1. The SMILES string of the molecule is COc1cccc(-n2c(=O)c3c(C)c(C)sc3n(CC(=O)NC3CCCCC3)c2=O)c1. The fraction of sp³-hybridized carbons (Fsp3) is 0.435. The number of thiophene rings is 1. The van der Waals surface area contributed by atoms with Crippen molar-refractivity contribution in [3.05, 3.63) is 55.5 Å². The van der Waals surface area contributed by atoms with E-state index in [1.807, 2.05) is 13.8 Å². The number of benzene rings is 1. The van der Waals surface area contributed by atoms with Gasteiger partial charge in [0.15, 0.2) is 0 Å². The highest BCUT2D eigenvalue weighted by Gasteiger charge is 2.22. The van der Waals surface area contributed by atoms with Gasteiger partial charge in [0.2, 0.25) is 5.91 Å². The summed E-state index contributed by atoms with van der Waals surface area (Å²) in [6.45, 7) is 3.68. The maximum absolute atomic E-state index is 13.5. The van der Waals surface area contributed by atoms with Gasteiger partial charge in [0.1, 0.15) is 17.1 Å². The van der Waals surface area contributed by atoms with Gasteiger partial charge in [-0.25, -0.2) is 9.36 Å². The summed E-state index contributed by atoms with van der Waals surface area (Å²) in [5, 5.41) is 3.55. The third kappa shape index (κ3) is 4.04. The van der Waals surface area contributed by atoms with Crippen molar-refractivity contribution in [3.8, 4) is 11.4 Å². The Morgan fingerprint density at radius 3 is 2.65 bits per heavy atom. The topological polar surface area (TPSA) is 82.3 Å². The first-order chi connectivity index (χ1) is 14.9. The van der Waals surface area contributed by atoms with Gasteiger partial charge in [0, 0.05) is 17.0 Å². The lowest BCUT2D eigenvalue weighted by Gasteiger charge is -2.23. The molecular weight excluding hydrogens is 414 g/mol. The average Bonchev–Trinajstić information content (AvgIpc) is 3.06. The standard InChI is InChI=1S/C23H27N3O4S/c1-14-15(2)31-22-20(14)21(28)26(17-10-7-11-18(12-17)30-3)23(29)25(22)13-19(27)24-16-8-5-4-6-9-16/h7,10-12,16H,4-6,8-9,13H2,1-3H3,(H,24,27). The zero-order valence-corrected chi connectivity index (χ0v) is 18.9. The lowest BCUT2D eigenvalue weighted by molar-refractivity contribution is -0.122. The summed E-state index contributed by atoms with van der Waals surface area (Å²) in [7, 11) is 1.53. The second-order valence-corrected chi connectivity index (χ2v) is 9.28. The summed E-state index contributed by atoms with van der Waals surface area (Å²) in [6, 6.07) is 6.98. The number of rotatable bonds is 5. The number of aromatic nitrogens is 2. The number of ether oxygens (including phenoxy) is 1. The summed E-state index contributed by atoms with van der Waals surface area (Å²) >= 11 is 1.38. The molecule has 0 aliphatic heterocycles. The number of aryl methyl sites for hydroxylation is 2. The van der Waals surface area contributed by atoms with Crippen LogP contribution in [0.2, 0.25) is 0 Å². The molecule has 164 valence electrons. The minimum atomic E-state index is -0.522. The zero-order chi connectivity index (χ0) is 22.1. The Bertz CT molecular complexity index is 1250. The van der Waals surface area contributed by atoms with Crippen molar-refractivity contribution in [2.75, 3.05) is 7.11 Å². The van der Waals surface area contributed by atoms with E-state index in [9.17, 15) is 14.4 Å². The van der Waals surface area contributed by atoms with E-state index < -0.39 is 5.69 Å². The van der Waals surface area contributed by atoms with Crippen molar-refractivity contribution in [1.82, 2.24) is 14.5 Å². The Morgan fingerprint density at radius 2 is 1.94 bits per heavy atom. The zero-order valence-electron chi connectivity index (χ0n) is 18.1. The minimum Gasteiger partial charge on any atom is -0.497 e. The molecule has 0 radical (unpaired) electrons. The van der Waals surface area contributed by atoms with Gasteiger partial charge in [-0.1, -0.05) is 25.3 Å². The molecule has 0 atom stereocenters. The number of hydrogen-bond acceptors (Lipinski definition) is 5. The number of carbonyl (C=O) groups excluding carboxylic acids is 1. The molecule has 0 saturated heterocycles. The number of carbonyl (C=O) groups is 1. The molecule has 3 aromatic rings. The van der Waals surface area contributed by atoms with Crippen molar-refractivity contribution in [2.24, 2.45) is 0 Å². The Balaban J connectivity index is 1.84. The predicted molar refractivity (Wildman–Crippen MR) is 123 cm³/mol. The lowest BCUT2D eigenvalue weighted by Crippen LogP contribution is -2.43. The molecule has 0 spiro atoms. The van der Waals surface area contributed by atoms with Crippen LogP contribution in [-0.4, -0.2) is 28.2 Å². The molecule has 0 unspecified atom stereocenters. The summed E-state index contributed by atoms with van der Waals surface area (Å²) < 4.78 is 7.83. The van der Waals surface area contributed by atoms with Gasteiger partial charge in [0.25, 0.3) is 5.56 Å². The van der Waals surface area contributed by atoms with Crippen molar-refractivity contribution in [1.29, 1.82) is 0 Å². The summed E-state index contributed by atoms with van der Waals surface area (Å²) in [5.41, 5.74) is 0.355. The van der Waals surface area contributed by atoms with E-state index in [-0.39, 0.29) is 24.1 Å². The Morgan fingerprint density at radius 1 is 1.19 bits per heavy atom. The van der Waals surface area contributed by atoms with E-state index in [2.05, 4.69) is 5.32 Å². The third-order valence-electron chi connectivity index (χ3n) is 6.03. The van der Waals surface area contributed by atoms with Crippen molar-refractivity contribution in [3.63, 3.8) is 0 Å². The molecule has 1 aliphatic carbocycles. The molecule has 4 rings (SSSR count). The molecule has 2 aromatic heterocycles. The smallest absolute Gasteiger partial charge is 0.337 e. The molecule has 1 aromatic carbocycles. The number of nitrogens with one attached hydrogen (secondary N) is 1. The largest absolute Gasteiger partial charge is 0.497 e. The first-order valence-electron chi connectivity index (χ1n) is 10.6. The number of methoxy groups -OCH3 is 1. The van der Waals surface area contributed by atoms with E-state index in [0.29, 0.717) is 21.7 Å². The van der Waals surface area contributed by atoms with Crippen LogP contribution >= 0.6 is 11.3 Å². The highest BCUT2D eigenvalue weighted by molar-refractivity contribution is 7.18. The van der Waals surface area contributed by atoms with E-state index >= 15 is 0 Å². The van der Waals surface area contributed by atoms with Gasteiger partial charge in [0.05, 0.1) is 18.2 Å². The first kappa shape index (κ1) is 21.4. The van der Waals surface area contributed by atoms with Gasteiger partial charge in [-0.3, -0.25) is 14.2 Å². The molecule has 31 heavy (non-hydrogen) atoms. The molecule has 2 heterocycles. The maximum Gasteiger partial charge on any atom is 0.337 e. The number of nitrogens with zero attached hydrogens (tertiary/aromatic N) is 2. The van der Waals surface area contributed by atoms with Crippen LogP contribution in [0, 0.1) is 13.8 Å². The molecule has 0 bridgehead atoms. The minimum absolute atomic E-state index is 0.116. The fourth-order valence-electron chi connectivity index (χ4n) is 4.24.